The molecule has 0 aromatic carbocycles. The average molecular weight is 245 g/mol. The maximum absolute atomic E-state index is 5.96. The molecule has 0 aliphatic heterocycles. The van der Waals surface area contributed by atoms with Crippen LogP contribution >= 0.6 is 11.6 Å². The van der Waals surface area contributed by atoms with Crippen LogP contribution in [0.15, 0.2) is 4.42 Å². The Morgan fingerprint density at radius 3 is 2.31 bits per heavy atom. The highest BCUT2D eigenvalue weighted by molar-refractivity contribution is 6.17. The van der Waals surface area contributed by atoms with E-state index in [2.05, 4.69) is 20.8 Å². The van der Waals surface area contributed by atoms with E-state index in [1.807, 2.05) is 13.8 Å². The first-order valence-electron chi connectivity index (χ1n) is 5.67. The summed E-state index contributed by atoms with van der Waals surface area (Å²) in [5, 5.41) is 0. The average Bonchev–Trinajstić information content (AvgIpc) is 2.51. The highest BCUT2D eigenvalue weighted by atomic mass is 35.5. The van der Waals surface area contributed by atoms with Crippen LogP contribution in [0.1, 0.15) is 50.3 Å². The number of ether oxygens (including phenoxy) is 1. The zero-order chi connectivity index (χ0) is 12.3. The van der Waals surface area contributed by atoms with Gasteiger partial charge in [-0.25, -0.2) is 0 Å². The Kier molecular flexibility index (Phi) is 4.45. The van der Waals surface area contributed by atoms with Gasteiger partial charge >= 0.3 is 0 Å². The van der Waals surface area contributed by atoms with E-state index in [0.717, 1.165) is 22.6 Å². The smallest absolute Gasteiger partial charge is 0.115 e. The van der Waals surface area contributed by atoms with Crippen molar-refractivity contribution >= 4 is 11.6 Å². The van der Waals surface area contributed by atoms with Gasteiger partial charge in [-0.05, 0) is 13.8 Å². The Bertz CT molecular complexity index is 348. The second kappa shape index (κ2) is 5.24. The first-order valence-corrected chi connectivity index (χ1v) is 6.20. The van der Waals surface area contributed by atoms with E-state index in [1.54, 1.807) is 0 Å². The van der Waals surface area contributed by atoms with Crippen LogP contribution in [0.4, 0.5) is 0 Å². The summed E-state index contributed by atoms with van der Waals surface area (Å²) in [6, 6.07) is 0. The summed E-state index contributed by atoms with van der Waals surface area (Å²) in [4.78, 5) is 0. The van der Waals surface area contributed by atoms with Gasteiger partial charge in [0.25, 0.3) is 0 Å². The summed E-state index contributed by atoms with van der Waals surface area (Å²) >= 11 is 5.96. The molecule has 0 aliphatic rings. The largest absolute Gasteiger partial charge is 0.465 e. The summed E-state index contributed by atoms with van der Waals surface area (Å²) in [6.07, 6.45) is 0. The normalized spacial score (nSPS) is 12.1. The minimum absolute atomic E-state index is 0.0124. The fraction of sp³-hybridized carbons (Fsp3) is 0.692. The molecule has 0 fully saturated rings. The van der Waals surface area contributed by atoms with Gasteiger partial charge < -0.3 is 9.15 Å². The van der Waals surface area contributed by atoms with Gasteiger partial charge in [0.15, 0.2) is 0 Å². The van der Waals surface area contributed by atoms with Crippen molar-refractivity contribution in [1.29, 1.82) is 0 Å². The van der Waals surface area contributed by atoms with E-state index < -0.39 is 0 Å². The van der Waals surface area contributed by atoms with Crippen molar-refractivity contribution in [3.05, 3.63) is 22.6 Å². The Labute approximate surface area is 103 Å². The zero-order valence-electron chi connectivity index (χ0n) is 10.8. The minimum atomic E-state index is -0.0124. The van der Waals surface area contributed by atoms with E-state index in [9.17, 15) is 0 Å². The van der Waals surface area contributed by atoms with E-state index >= 15 is 0 Å². The molecule has 0 atom stereocenters. The molecule has 0 radical (unpaired) electrons. The molecule has 0 aliphatic carbocycles. The zero-order valence-corrected chi connectivity index (χ0v) is 11.6. The molecule has 16 heavy (non-hydrogen) atoms. The lowest BCUT2D eigenvalue weighted by Crippen LogP contribution is -2.13. The van der Waals surface area contributed by atoms with Gasteiger partial charge in [0.1, 0.15) is 11.5 Å². The van der Waals surface area contributed by atoms with Crippen molar-refractivity contribution in [1.82, 2.24) is 0 Å². The minimum Gasteiger partial charge on any atom is -0.465 e. The lowest BCUT2D eigenvalue weighted by atomic mass is 9.89. The fourth-order valence-corrected chi connectivity index (χ4v) is 2.11. The first kappa shape index (κ1) is 13.6. The van der Waals surface area contributed by atoms with Crippen LogP contribution in [-0.4, -0.2) is 6.61 Å². The van der Waals surface area contributed by atoms with Crippen molar-refractivity contribution in [3.63, 3.8) is 0 Å². The fourth-order valence-electron chi connectivity index (χ4n) is 1.76. The molecule has 3 heteroatoms. The van der Waals surface area contributed by atoms with Crippen LogP contribution in [-0.2, 0) is 22.6 Å². The SMILES string of the molecule is CCOCc1c(C(C)(C)C)oc(C)c1CCl. The second-order valence-electron chi connectivity index (χ2n) is 4.97. The van der Waals surface area contributed by atoms with Crippen molar-refractivity contribution in [2.45, 2.75) is 52.5 Å². The Hall–Kier alpha value is -0.470. The van der Waals surface area contributed by atoms with E-state index in [4.69, 9.17) is 20.8 Å². The quantitative estimate of drug-likeness (QED) is 0.742. The van der Waals surface area contributed by atoms with Gasteiger partial charge in [0, 0.05) is 23.1 Å². The number of rotatable bonds is 4. The van der Waals surface area contributed by atoms with Gasteiger partial charge in [-0.3, -0.25) is 0 Å². The third-order valence-electron chi connectivity index (χ3n) is 2.58. The Morgan fingerprint density at radius 2 is 1.88 bits per heavy atom. The summed E-state index contributed by atoms with van der Waals surface area (Å²) in [6.45, 7) is 11.7. The molecule has 1 heterocycles. The molecule has 1 aromatic rings. The van der Waals surface area contributed by atoms with Crippen LogP contribution < -0.4 is 0 Å². The molecular weight excluding hydrogens is 224 g/mol. The van der Waals surface area contributed by atoms with Crippen molar-refractivity contribution < 1.29 is 9.15 Å². The molecule has 1 rings (SSSR count). The number of hydrogen-bond acceptors (Lipinski definition) is 2. The van der Waals surface area contributed by atoms with E-state index in [0.29, 0.717) is 19.1 Å². The molecule has 0 saturated heterocycles. The van der Waals surface area contributed by atoms with Crippen LogP contribution in [0, 0.1) is 6.92 Å². The monoisotopic (exact) mass is 244 g/mol. The molecule has 0 amide bonds. The van der Waals surface area contributed by atoms with Gasteiger partial charge in [0.2, 0.25) is 0 Å². The van der Waals surface area contributed by atoms with Gasteiger partial charge in [-0.2, -0.15) is 0 Å². The first-order chi connectivity index (χ1) is 7.41. The molecule has 1 aromatic heterocycles. The third kappa shape index (κ3) is 2.80. The van der Waals surface area contributed by atoms with Crippen molar-refractivity contribution in [3.8, 4) is 0 Å². The summed E-state index contributed by atoms with van der Waals surface area (Å²) in [5.74, 6) is 2.39. The Morgan fingerprint density at radius 1 is 1.25 bits per heavy atom. The molecule has 0 bridgehead atoms. The number of hydrogen-bond donors (Lipinski definition) is 0. The lowest BCUT2D eigenvalue weighted by molar-refractivity contribution is 0.131. The molecule has 0 saturated carbocycles. The van der Waals surface area contributed by atoms with Gasteiger partial charge in [-0.1, -0.05) is 20.8 Å². The van der Waals surface area contributed by atoms with Crippen LogP contribution in [0.5, 0.6) is 0 Å². The van der Waals surface area contributed by atoms with Gasteiger partial charge in [0.05, 0.1) is 12.5 Å². The second-order valence-corrected chi connectivity index (χ2v) is 5.23. The lowest BCUT2D eigenvalue weighted by Gasteiger charge is -2.17. The van der Waals surface area contributed by atoms with Crippen LogP contribution in [0.25, 0.3) is 0 Å². The molecule has 2 nitrogen and oxygen atoms in total. The molecule has 0 unspecified atom stereocenters. The topological polar surface area (TPSA) is 22.4 Å². The molecule has 0 spiro atoms. The van der Waals surface area contributed by atoms with Crippen LogP contribution in [0.2, 0.25) is 0 Å². The molecule has 92 valence electrons. The number of alkyl halides is 1. The number of furan rings is 1. The Balaban J connectivity index is 3.16. The summed E-state index contributed by atoms with van der Waals surface area (Å²) in [5.41, 5.74) is 2.20. The standard InChI is InChI=1S/C13H21ClO2/c1-6-15-8-11-10(7-14)9(2)16-12(11)13(3,4)5/h6-8H2,1-5H3. The molecule has 0 N–H and O–H groups in total. The van der Waals surface area contributed by atoms with E-state index in [-0.39, 0.29) is 5.41 Å². The van der Waals surface area contributed by atoms with Crippen molar-refractivity contribution in [2.75, 3.05) is 6.61 Å². The third-order valence-corrected chi connectivity index (χ3v) is 2.85. The predicted molar refractivity (Wildman–Crippen MR) is 67.0 cm³/mol. The summed E-state index contributed by atoms with van der Waals surface area (Å²) in [7, 11) is 0. The number of halogens is 1. The van der Waals surface area contributed by atoms with Gasteiger partial charge in [-0.15, -0.1) is 11.6 Å². The predicted octanol–water partition coefficient (Wildman–Crippen LogP) is 4.16. The summed E-state index contributed by atoms with van der Waals surface area (Å²) < 4.78 is 11.3. The maximum Gasteiger partial charge on any atom is 0.115 e. The number of aryl methyl sites for hydroxylation is 1. The van der Waals surface area contributed by atoms with E-state index in [1.165, 1.54) is 0 Å². The highest BCUT2D eigenvalue weighted by Crippen LogP contribution is 2.33. The highest BCUT2D eigenvalue weighted by Gasteiger charge is 2.26. The molecular formula is C13H21ClO2. The maximum atomic E-state index is 5.96. The van der Waals surface area contributed by atoms with Crippen LogP contribution in [0.3, 0.4) is 0 Å². The van der Waals surface area contributed by atoms with Crippen molar-refractivity contribution in [2.24, 2.45) is 0 Å².